The molecule has 0 spiro atoms. The predicted octanol–water partition coefficient (Wildman–Crippen LogP) is 2.46. The van der Waals surface area contributed by atoms with Crippen LogP contribution in [0.5, 0.6) is 0 Å². The standard InChI is InChI=1S/C17H12N2O2/c20-16-12-11-15(17(21)13-7-3-1-4-8-13)18-19(16)14-9-5-2-6-10-14/h1-12H. The van der Waals surface area contributed by atoms with Crippen molar-refractivity contribution in [3.63, 3.8) is 0 Å². The van der Waals surface area contributed by atoms with Gasteiger partial charge in [0.15, 0.2) is 0 Å². The van der Waals surface area contributed by atoms with Gasteiger partial charge in [-0.1, -0.05) is 48.5 Å². The molecule has 102 valence electrons. The van der Waals surface area contributed by atoms with Gasteiger partial charge < -0.3 is 0 Å². The Labute approximate surface area is 121 Å². The Morgan fingerprint density at radius 1 is 0.810 bits per heavy atom. The summed E-state index contributed by atoms with van der Waals surface area (Å²) in [6.07, 6.45) is 0. The molecule has 21 heavy (non-hydrogen) atoms. The van der Waals surface area contributed by atoms with Crippen LogP contribution in [0.2, 0.25) is 0 Å². The van der Waals surface area contributed by atoms with Gasteiger partial charge in [0.1, 0.15) is 5.69 Å². The highest BCUT2D eigenvalue weighted by atomic mass is 16.1. The fraction of sp³-hybridized carbons (Fsp3) is 0. The smallest absolute Gasteiger partial charge is 0.271 e. The first kappa shape index (κ1) is 13.0. The zero-order chi connectivity index (χ0) is 14.7. The molecule has 0 radical (unpaired) electrons. The van der Waals surface area contributed by atoms with Crippen LogP contribution in [0.15, 0.2) is 77.6 Å². The fourth-order valence-electron chi connectivity index (χ4n) is 2.02. The van der Waals surface area contributed by atoms with Crippen LogP contribution >= 0.6 is 0 Å². The van der Waals surface area contributed by atoms with Crippen molar-refractivity contribution in [1.29, 1.82) is 0 Å². The minimum absolute atomic E-state index is 0.208. The number of para-hydroxylation sites is 1. The number of ketones is 1. The third-order valence-corrected chi connectivity index (χ3v) is 3.07. The van der Waals surface area contributed by atoms with Gasteiger partial charge in [0.2, 0.25) is 5.78 Å². The molecule has 0 fully saturated rings. The molecule has 3 aromatic rings. The molecule has 0 N–H and O–H groups in total. The summed E-state index contributed by atoms with van der Waals surface area (Å²) in [7, 11) is 0. The molecule has 3 rings (SSSR count). The maximum absolute atomic E-state index is 12.4. The van der Waals surface area contributed by atoms with Gasteiger partial charge in [0, 0.05) is 11.6 Å². The summed E-state index contributed by atoms with van der Waals surface area (Å²) in [6.45, 7) is 0. The van der Waals surface area contributed by atoms with Crippen LogP contribution in [-0.2, 0) is 0 Å². The van der Waals surface area contributed by atoms with Crippen LogP contribution in [0.4, 0.5) is 0 Å². The van der Waals surface area contributed by atoms with E-state index in [1.807, 2.05) is 24.3 Å². The maximum atomic E-state index is 12.4. The zero-order valence-electron chi connectivity index (χ0n) is 11.1. The van der Waals surface area contributed by atoms with E-state index in [-0.39, 0.29) is 17.0 Å². The lowest BCUT2D eigenvalue weighted by Crippen LogP contribution is -2.22. The molecular formula is C17H12N2O2. The predicted molar refractivity (Wildman–Crippen MR) is 79.7 cm³/mol. The van der Waals surface area contributed by atoms with E-state index >= 15 is 0 Å². The third-order valence-electron chi connectivity index (χ3n) is 3.07. The molecule has 0 aliphatic carbocycles. The van der Waals surface area contributed by atoms with E-state index in [0.29, 0.717) is 11.3 Å². The second-order valence-electron chi connectivity index (χ2n) is 4.50. The average molecular weight is 276 g/mol. The van der Waals surface area contributed by atoms with Crippen LogP contribution in [0.1, 0.15) is 16.1 Å². The lowest BCUT2D eigenvalue weighted by atomic mass is 10.1. The van der Waals surface area contributed by atoms with Gasteiger partial charge in [0.25, 0.3) is 5.56 Å². The Morgan fingerprint density at radius 2 is 1.43 bits per heavy atom. The van der Waals surface area contributed by atoms with Gasteiger partial charge in [-0.3, -0.25) is 9.59 Å². The van der Waals surface area contributed by atoms with Crippen molar-refractivity contribution in [3.05, 3.63) is 94.4 Å². The molecule has 0 aliphatic rings. The summed E-state index contributed by atoms with van der Waals surface area (Å²) < 4.78 is 1.23. The Balaban J connectivity index is 2.07. The van der Waals surface area contributed by atoms with Gasteiger partial charge in [-0.2, -0.15) is 9.78 Å². The number of hydrogen-bond donors (Lipinski definition) is 0. The molecule has 2 aromatic carbocycles. The van der Waals surface area contributed by atoms with E-state index in [2.05, 4.69) is 5.10 Å². The Morgan fingerprint density at radius 3 is 2.10 bits per heavy atom. The summed E-state index contributed by atoms with van der Waals surface area (Å²) in [5.74, 6) is -0.208. The molecular weight excluding hydrogens is 264 g/mol. The monoisotopic (exact) mass is 276 g/mol. The van der Waals surface area contributed by atoms with Gasteiger partial charge in [-0.05, 0) is 18.2 Å². The number of nitrogens with zero attached hydrogens (tertiary/aromatic N) is 2. The van der Waals surface area contributed by atoms with Crippen molar-refractivity contribution in [3.8, 4) is 5.69 Å². The quantitative estimate of drug-likeness (QED) is 0.690. The Bertz CT molecular complexity index is 824. The van der Waals surface area contributed by atoms with E-state index in [0.717, 1.165) is 0 Å². The van der Waals surface area contributed by atoms with Crippen molar-refractivity contribution in [2.24, 2.45) is 0 Å². The van der Waals surface area contributed by atoms with Crippen molar-refractivity contribution >= 4 is 5.78 Å². The van der Waals surface area contributed by atoms with E-state index < -0.39 is 0 Å². The molecule has 0 bridgehead atoms. The highest BCUT2D eigenvalue weighted by Gasteiger charge is 2.12. The first-order valence-corrected chi connectivity index (χ1v) is 6.51. The third kappa shape index (κ3) is 2.65. The number of aromatic nitrogens is 2. The Kier molecular flexibility index (Phi) is 3.43. The van der Waals surface area contributed by atoms with Crippen LogP contribution < -0.4 is 5.56 Å². The summed E-state index contributed by atoms with van der Waals surface area (Å²) >= 11 is 0. The lowest BCUT2D eigenvalue weighted by molar-refractivity contribution is 0.103. The zero-order valence-corrected chi connectivity index (χ0v) is 11.1. The summed E-state index contributed by atoms with van der Waals surface area (Å²) in [5.41, 5.74) is 1.14. The van der Waals surface area contributed by atoms with E-state index in [4.69, 9.17) is 0 Å². The lowest BCUT2D eigenvalue weighted by Gasteiger charge is -2.06. The van der Waals surface area contributed by atoms with E-state index in [1.54, 1.807) is 36.4 Å². The van der Waals surface area contributed by atoms with Crippen LogP contribution in [0.3, 0.4) is 0 Å². The van der Waals surface area contributed by atoms with Gasteiger partial charge in [-0.15, -0.1) is 0 Å². The molecule has 1 heterocycles. The minimum Gasteiger partial charge on any atom is -0.287 e. The molecule has 0 aliphatic heterocycles. The summed E-state index contributed by atoms with van der Waals surface area (Å²) in [4.78, 5) is 24.3. The molecule has 4 nitrogen and oxygen atoms in total. The second-order valence-corrected chi connectivity index (χ2v) is 4.50. The second kappa shape index (κ2) is 5.54. The first-order valence-electron chi connectivity index (χ1n) is 6.51. The summed E-state index contributed by atoms with van der Waals surface area (Å²) in [6, 6.07) is 20.7. The maximum Gasteiger partial charge on any atom is 0.271 e. The Hall–Kier alpha value is -3.01. The minimum atomic E-state index is -0.272. The van der Waals surface area contributed by atoms with Gasteiger partial charge in [0.05, 0.1) is 5.69 Å². The molecule has 0 amide bonds. The molecule has 0 atom stereocenters. The number of carbonyl (C=O) groups excluding carboxylic acids is 1. The van der Waals surface area contributed by atoms with Crippen LogP contribution in [-0.4, -0.2) is 15.6 Å². The number of carbonyl (C=O) groups is 1. The van der Waals surface area contributed by atoms with Crippen molar-refractivity contribution < 1.29 is 4.79 Å². The fourth-order valence-corrected chi connectivity index (χ4v) is 2.02. The first-order chi connectivity index (χ1) is 10.3. The SMILES string of the molecule is O=C(c1ccccc1)c1ccc(=O)n(-c2ccccc2)n1. The number of benzene rings is 2. The topological polar surface area (TPSA) is 52.0 Å². The molecule has 4 heteroatoms. The van der Waals surface area contributed by atoms with Gasteiger partial charge >= 0.3 is 0 Å². The highest BCUT2D eigenvalue weighted by Crippen LogP contribution is 2.08. The summed E-state index contributed by atoms with van der Waals surface area (Å²) in [5, 5.41) is 4.17. The highest BCUT2D eigenvalue weighted by molar-refractivity contribution is 6.07. The van der Waals surface area contributed by atoms with Crippen molar-refractivity contribution in [1.82, 2.24) is 9.78 Å². The van der Waals surface area contributed by atoms with Gasteiger partial charge in [-0.25, -0.2) is 0 Å². The average Bonchev–Trinajstić information content (AvgIpc) is 2.56. The van der Waals surface area contributed by atoms with E-state index in [1.165, 1.54) is 16.8 Å². The largest absolute Gasteiger partial charge is 0.287 e. The van der Waals surface area contributed by atoms with Crippen LogP contribution in [0.25, 0.3) is 5.69 Å². The van der Waals surface area contributed by atoms with E-state index in [9.17, 15) is 9.59 Å². The molecule has 1 aromatic heterocycles. The van der Waals surface area contributed by atoms with Crippen molar-refractivity contribution in [2.45, 2.75) is 0 Å². The molecule has 0 saturated carbocycles. The molecule has 0 saturated heterocycles. The normalized spacial score (nSPS) is 10.3. The van der Waals surface area contributed by atoms with Crippen LogP contribution in [0, 0.1) is 0 Å². The molecule has 0 unspecified atom stereocenters. The number of rotatable bonds is 3. The van der Waals surface area contributed by atoms with Crippen molar-refractivity contribution in [2.75, 3.05) is 0 Å². The number of hydrogen-bond acceptors (Lipinski definition) is 3.